The summed E-state index contributed by atoms with van der Waals surface area (Å²) in [6.07, 6.45) is 4.29. The first-order valence-electron chi connectivity index (χ1n) is 6.81. The Balaban J connectivity index is 2.16. The molecule has 2 aliphatic rings. The quantitative estimate of drug-likeness (QED) is 0.761. The Morgan fingerprint density at radius 1 is 1.35 bits per heavy atom. The zero-order valence-corrected chi connectivity index (χ0v) is 10.9. The summed E-state index contributed by atoms with van der Waals surface area (Å²) in [4.78, 5) is 13.9. The van der Waals surface area contributed by atoms with Crippen LogP contribution in [0.3, 0.4) is 0 Å². The highest BCUT2D eigenvalue weighted by Crippen LogP contribution is 2.44. The van der Waals surface area contributed by atoms with Crippen molar-refractivity contribution >= 4 is 5.97 Å². The topological polar surface area (TPSA) is 52.6 Å². The summed E-state index contributed by atoms with van der Waals surface area (Å²) in [5, 5.41) is 13.0. The molecule has 1 unspecified atom stereocenters. The van der Waals surface area contributed by atoms with Gasteiger partial charge >= 0.3 is 5.97 Å². The van der Waals surface area contributed by atoms with Crippen LogP contribution in [0.15, 0.2) is 0 Å². The van der Waals surface area contributed by atoms with Crippen molar-refractivity contribution in [1.82, 2.24) is 10.2 Å². The highest BCUT2D eigenvalue weighted by atomic mass is 16.4. The Hall–Kier alpha value is -0.610. The molecule has 0 amide bonds. The molecule has 0 bridgehead atoms. The molecule has 2 N–H and O–H groups in total. The van der Waals surface area contributed by atoms with Crippen LogP contribution in [0.1, 0.15) is 39.5 Å². The standard InChI is InChI=1S/C13H24N2O2/c1-3-15(11-6-8-14-9-7-11)13(2,12(16)17)10-4-5-10/h10-11,14H,3-9H2,1-2H3,(H,16,17). The Morgan fingerprint density at radius 2 is 1.94 bits per heavy atom. The molecule has 0 aromatic heterocycles. The van der Waals surface area contributed by atoms with Gasteiger partial charge in [0.05, 0.1) is 0 Å². The van der Waals surface area contributed by atoms with Gasteiger partial charge in [0.2, 0.25) is 0 Å². The van der Waals surface area contributed by atoms with E-state index in [2.05, 4.69) is 17.1 Å². The van der Waals surface area contributed by atoms with Crippen LogP contribution in [0.2, 0.25) is 0 Å². The summed E-state index contributed by atoms with van der Waals surface area (Å²) in [6.45, 7) is 6.89. The highest BCUT2D eigenvalue weighted by Gasteiger charge is 2.52. The molecular weight excluding hydrogens is 216 g/mol. The van der Waals surface area contributed by atoms with Crippen molar-refractivity contribution in [3.05, 3.63) is 0 Å². The number of nitrogens with zero attached hydrogens (tertiary/aromatic N) is 1. The van der Waals surface area contributed by atoms with Crippen molar-refractivity contribution < 1.29 is 9.90 Å². The monoisotopic (exact) mass is 240 g/mol. The van der Waals surface area contributed by atoms with E-state index in [1.165, 1.54) is 0 Å². The van der Waals surface area contributed by atoms with E-state index in [-0.39, 0.29) is 0 Å². The van der Waals surface area contributed by atoms with Gasteiger partial charge in [-0.05, 0) is 58.2 Å². The minimum absolute atomic E-state index is 0.356. The fourth-order valence-electron chi connectivity index (χ4n) is 3.26. The van der Waals surface area contributed by atoms with Gasteiger partial charge in [-0.25, -0.2) is 0 Å². The molecule has 4 heteroatoms. The van der Waals surface area contributed by atoms with Gasteiger partial charge in [0, 0.05) is 6.04 Å². The fraction of sp³-hybridized carbons (Fsp3) is 0.923. The van der Waals surface area contributed by atoms with Crippen LogP contribution in [-0.2, 0) is 4.79 Å². The predicted molar refractivity (Wildman–Crippen MR) is 67.0 cm³/mol. The summed E-state index contributed by atoms with van der Waals surface area (Å²) in [6, 6.07) is 0.433. The number of carbonyl (C=O) groups is 1. The van der Waals surface area contributed by atoms with E-state index in [1.54, 1.807) is 0 Å². The van der Waals surface area contributed by atoms with Crippen LogP contribution in [0.25, 0.3) is 0 Å². The maximum atomic E-state index is 11.7. The molecule has 17 heavy (non-hydrogen) atoms. The average molecular weight is 240 g/mol. The van der Waals surface area contributed by atoms with Gasteiger partial charge < -0.3 is 10.4 Å². The minimum atomic E-state index is -0.642. The van der Waals surface area contributed by atoms with E-state index in [9.17, 15) is 9.90 Å². The summed E-state index contributed by atoms with van der Waals surface area (Å²) < 4.78 is 0. The van der Waals surface area contributed by atoms with E-state index in [0.29, 0.717) is 12.0 Å². The fourth-order valence-corrected chi connectivity index (χ4v) is 3.26. The molecule has 1 atom stereocenters. The number of carboxylic acid groups (broad SMARTS) is 1. The van der Waals surface area contributed by atoms with Crippen LogP contribution < -0.4 is 5.32 Å². The van der Waals surface area contributed by atoms with Gasteiger partial charge in [0.25, 0.3) is 0 Å². The largest absolute Gasteiger partial charge is 0.480 e. The van der Waals surface area contributed by atoms with Crippen LogP contribution in [0.5, 0.6) is 0 Å². The van der Waals surface area contributed by atoms with Gasteiger partial charge in [-0.1, -0.05) is 6.92 Å². The lowest BCUT2D eigenvalue weighted by molar-refractivity contribution is -0.154. The maximum absolute atomic E-state index is 11.7. The first kappa shape index (κ1) is 12.8. The second-order valence-electron chi connectivity index (χ2n) is 5.49. The number of hydrogen-bond donors (Lipinski definition) is 2. The van der Waals surface area contributed by atoms with Crippen LogP contribution in [0.4, 0.5) is 0 Å². The smallest absolute Gasteiger partial charge is 0.324 e. The molecule has 1 aliphatic heterocycles. The van der Waals surface area contributed by atoms with Crippen LogP contribution in [-0.4, -0.2) is 47.2 Å². The number of aliphatic carboxylic acids is 1. The lowest BCUT2D eigenvalue weighted by Gasteiger charge is -2.44. The number of likely N-dealkylation sites (N-methyl/N-ethyl adjacent to an activating group) is 1. The molecule has 1 aliphatic carbocycles. The summed E-state index contributed by atoms with van der Waals surface area (Å²) in [5.74, 6) is -0.282. The maximum Gasteiger partial charge on any atom is 0.324 e. The van der Waals surface area contributed by atoms with Crippen LogP contribution >= 0.6 is 0 Å². The molecule has 1 saturated heterocycles. The summed E-state index contributed by atoms with van der Waals surface area (Å²) in [7, 11) is 0. The third-order valence-electron chi connectivity index (χ3n) is 4.49. The Kier molecular flexibility index (Phi) is 3.73. The highest BCUT2D eigenvalue weighted by molar-refractivity contribution is 5.79. The van der Waals surface area contributed by atoms with Crippen molar-refractivity contribution in [3.63, 3.8) is 0 Å². The molecule has 98 valence electrons. The SMILES string of the molecule is CCN(C1CCNCC1)C(C)(C(=O)O)C1CC1. The molecule has 0 spiro atoms. The number of hydrogen-bond acceptors (Lipinski definition) is 3. The third-order valence-corrected chi connectivity index (χ3v) is 4.49. The Bertz CT molecular complexity index is 285. The molecule has 2 rings (SSSR count). The number of carboxylic acids is 1. The molecule has 1 saturated carbocycles. The van der Waals surface area contributed by atoms with E-state index in [0.717, 1.165) is 45.3 Å². The van der Waals surface area contributed by atoms with E-state index in [1.807, 2.05) is 6.92 Å². The molecule has 0 aromatic carbocycles. The van der Waals surface area contributed by atoms with Gasteiger partial charge in [-0.3, -0.25) is 9.69 Å². The number of rotatable bonds is 5. The predicted octanol–water partition coefficient (Wildman–Crippen LogP) is 1.31. The van der Waals surface area contributed by atoms with Gasteiger partial charge in [-0.15, -0.1) is 0 Å². The van der Waals surface area contributed by atoms with Gasteiger partial charge in [-0.2, -0.15) is 0 Å². The summed E-state index contributed by atoms with van der Waals surface area (Å²) in [5.41, 5.74) is -0.642. The first-order valence-corrected chi connectivity index (χ1v) is 6.81. The van der Waals surface area contributed by atoms with Crippen molar-refractivity contribution in [2.75, 3.05) is 19.6 Å². The number of nitrogens with one attached hydrogen (secondary N) is 1. The molecule has 0 aromatic rings. The second kappa shape index (κ2) is 4.94. The molecule has 0 radical (unpaired) electrons. The van der Waals surface area contributed by atoms with Gasteiger partial charge in [0.1, 0.15) is 5.54 Å². The van der Waals surface area contributed by atoms with Crippen LogP contribution in [0, 0.1) is 5.92 Å². The number of piperidine rings is 1. The Morgan fingerprint density at radius 3 is 2.35 bits per heavy atom. The van der Waals surface area contributed by atoms with Crippen molar-refractivity contribution in [1.29, 1.82) is 0 Å². The summed E-state index contributed by atoms with van der Waals surface area (Å²) >= 11 is 0. The average Bonchev–Trinajstić information content (AvgIpc) is 3.15. The Labute approximate surface area is 103 Å². The van der Waals surface area contributed by atoms with Crippen molar-refractivity contribution in [3.8, 4) is 0 Å². The molecule has 1 heterocycles. The lowest BCUT2D eigenvalue weighted by Crippen LogP contribution is -2.59. The van der Waals surface area contributed by atoms with E-state index in [4.69, 9.17) is 0 Å². The van der Waals surface area contributed by atoms with E-state index >= 15 is 0 Å². The third kappa shape index (κ3) is 2.33. The zero-order chi connectivity index (χ0) is 12.5. The molecule has 4 nitrogen and oxygen atoms in total. The van der Waals surface area contributed by atoms with Crippen molar-refractivity contribution in [2.24, 2.45) is 5.92 Å². The zero-order valence-electron chi connectivity index (χ0n) is 10.9. The molecular formula is C13H24N2O2. The van der Waals surface area contributed by atoms with Gasteiger partial charge in [0.15, 0.2) is 0 Å². The lowest BCUT2D eigenvalue weighted by atomic mass is 9.89. The second-order valence-corrected chi connectivity index (χ2v) is 5.49. The minimum Gasteiger partial charge on any atom is -0.480 e. The normalized spacial score (nSPS) is 25.8. The van der Waals surface area contributed by atoms with Crippen molar-refractivity contribution in [2.45, 2.75) is 51.1 Å². The first-order chi connectivity index (χ1) is 8.10. The van der Waals surface area contributed by atoms with E-state index < -0.39 is 11.5 Å². The molecule has 2 fully saturated rings.